The highest BCUT2D eigenvalue weighted by atomic mass is 16.5. The lowest BCUT2D eigenvalue weighted by atomic mass is 9.93. The predicted molar refractivity (Wildman–Crippen MR) is 72.6 cm³/mol. The minimum atomic E-state index is -2.33. The minimum Gasteiger partial charge on any atom is -0.507 e. The predicted octanol–water partition coefficient (Wildman–Crippen LogP) is 1.61. The summed E-state index contributed by atoms with van der Waals surface area (Å²) in [7, 11) is 0. The maximum atomic E-state index is 11.7. The second-order valence-electron chi connectivity index (χ2n) is 4.51. The first-order chi connectivity index (χ1) is 9.39. The van der Waals surface area contributed by atoms with Crippen LogP contribution in [0.5, 0.6) is 0 Å². The van der Waals surface area contributed by atoms with Crippen molar-refractivity contribution >= 4 is 11.5 Å². The van der Waals surface area contributed by atoms with Gasteiger partial charge in [-0.05, 0) is 12.2 Å². The van der Waals surface area contributed by atoms with Crippen LogP contribution < -0.4 is 0 Å². The van der Waals surface area contributed by atoms with Gasteiger partial charge >= 0.3 is 0 Å². The number of aliphatic hydroxyl groups excluding tert-OH is 2. The molecule has 0 bridgehead atoms. The highest BCUT2D eigenvalue weighted by Gasteiger charge is 2.33. The second kappa shape index (κ2) is 5.32. The Hall–Kier alpha value is -2.37. The number of rotatable bonds is 2. The van der Waals surface area contributed by atoms with Crippen molar-refractivity contribution in [3.8, 4) is 0 Å². The second-order valence-corrected chi connectivity index (χ2v) is 4.51. The van der Waals surface area contributed by atoms with Gasteiger partial charge in [-0.2, -0.15) is 0 Å². The first kappa shape index (κ1) is 14.0. The molecule has 0 atom stereocenters. The lowest BCUT2D eigenvalue weighted by molar-refractivity contribution is -0.146. The van der Waals surface area contributed by atoms with Crippen LogP contribution in [0, 0.1) is 0 Å². The Morgan fingerprint density at radius 2 is 1.85 bits per heavy atom. The highest BCUT2D eigenvalue weighted by Crippen LogP contribution is 2.25. The first-order valence-corrected chi connectivity index (χ1v) is 5.95. The van der Waals surface area contributed by atoms with Crippen molar-refractivity contribution in [3.63, 3.8) is 0 Å². The number of allylic oxidation sites excluding steroid dienone is 3. The molecule has 0 saturated carbocycles. The summed E-state index contributed by atoms with van der Waals surface area (Å²) in [5.74, 6) is -3.54. The zero-order valence-electron chi connectivity index (χ0n) is 10.5. The fraction of sp³-hybridized carbons (Fsp3) is 0.133. The van der Waals surface area contributed by atoms with Crippen LogP contribution in [0.25, 0.3) is 5.76 Å². The fourth-order valence-electron chi connectivity index (χ4n) is 1.87. The zero-order valence-corrected chi connectivity index (χ0v) is 10.5. The van der Waals surface area contributed by atoms with Crippen LogP contribution in [-0.2, 0) is 4.79 Å². The number of Topliss-reactive ketones (excluding diaryl/α,β-unsaturated/α-hetero) is 1. The standard InChI is InChI=1S/C15H14O5/c16-12(10-4-2-1-3-5-10)7-6-11-13(17)8-15(19,20)9-14(11)18/h1-8,16-17,19-20H,9H2/b11-6+,12-7-. The zero-order chi connectivity index (χ0) is 14.8. The van der Waals surface area contributed by atoms with Crippen molar-refractivity contribution in [3.05, 3.63) is 65.5 Å². The van der Waals surface area contributed by atoms with Crippen molar-refractivity contribution < 1.29 is 25.2 Å². The molecule has 0 amide bonds. The molecule has 1 aliphatic rings. The molecule has 1 aromatic rings. The normalized spacial score (nSPS) is 20.9. The van der Waals surface area contributed by atoms with E-state index in [1.807, 2.05) is 0 Å². The summed E-state index contributed by atoms with van der Waals surface area (Å²) < 4.78 is 0. The van der Waals surface area contributed by atoms with E-state index in [1.54, 1.807) is 30.3 Å². The minimum absolute atomic E-state index is 0.0662. The third-order valence-corrected chi connectivity index (χ3v) is 2.84. The van der Waals surface area contributed by atoms with E-state index in [0.29, 0.717) is 5.56 Å². The van der Waals surface area contributed by atoms with Crippen LogP contribution in [0.4, 0.5) is 0 Å². The van der Waals surface area contributed by atoms with Gasteiger partial charge in [0.25, 0.3) is 0 Å². The maximum Gasteiger partial charge on any atom is 0.193 e. The number of hydrogen-bond donors (Lipinski definition) is 4. The molecule has 0 heterocycles. The van der Waals surface area contributed by atoms with Crippen LogP contribution in [-0.4, -0.2) is 32.0 Å². The van der Waals surface area contributed by atoms with Gasteiger partial charge in [-0.1, -0.05) is 30.3 Å². The van der Waals surface area contributed by atoms with E-state index in [2.05, 4.69) is 0 Å². The Morgan fingerprint density at radius 1 is 1.20 bits per heavy atom. The molecule has 20 heavy (non-hydrogen) atoms. The van der Waals surface area contributed by atoms with Gasteiger partial charge in [-0.15, -0.1) is 0 Å². The van der Waals surface area contributed by atoms with Crippen molar-refractivity contribution in [2.75, 3.05) is 0 Å². The average Bonchev–Trinajstić information content (AvgIpc) is 2.37. The van der Waals surface area contributed by atoms with Gasteiger partial charge in [0, 0.05) is 11.6 Å². The van der Waals surface area contributed by atoms with Gasteiger partial charge in [-0.3, -0.25) is 4.79 Å². The number of carbonyl (C=O) groups excluding carboxylic acids is 1. The number of aliphatic hydroxyl groups is 4. The lowest BCUT2D eigenvalue weighted by Gasteiger charge is -2.22. The number of carbonyl (C=O) groups is 1. The summed E-state index contributed by atoms with van der Waals surface area (Å²) in [6.07, 6.45) is 2.76. The average molecular weight is 274 g/mol. The molecule has 4 N–H and O–H groups in total. The van der Waals surface area contributed by atoms with E-state index in [1.165, 1.54) is 12.2 Å². The van der Waals surface area contributed by atoms with E-state index in [0.717, 1.165) is 6.08 Å². The molecule has 0 aromatic heterocycles. The molecule has 0 saturated heterocycles. The van der Waals surface area contributed by atoms with Crippen LogP contribution in [0.1, 0.15) is 12.0 Å². The van der Waals surface area contributed by atoms with Crippen molar-refractivity contribution in [2.45, 2.75) is 12.2 Å². The van der Waals surface area contributed by atoms with Gasteiger partial charge in [-0.25, -0.2) is 0 Å². The van der Waals surface area contributed by atoms with Crippen molar-refractivity contribution in [1.29, 1.82) is 0 Å². The number of ketones is 1. The van der Waals surface area contributed by atoms with Gasteiger partial charge < -0.3 is 20.4 Å². The number of benzene rings is 1. The Kier molecular flexibility index (Phi) is 3.74. The topological polar surface area (TPSA) is 98.0 Å². The third-order valence-electron chi connectivity index (χ3n) is 2.84. The SMILES string of the molecule is O=C1CC(O)(O)C=C(O)/C1=C\C=C(/O)c1ccccc1. The Labute approximate surface area is 115 Å². The molecule has 0 aliphatic heterocycles. The molecule has 2 rings (SSSR count). The van der Waals surface area contributed by atoms with Crippen molar-refractivity contribution in [2.24, 2.45) is 0 Å². The first-order valence-electron chi connectivity index (χ1n) is 5.95. The van der Waals surface area contributed by atoms with Crippen LogP contribution in [0.2, 0.25) is 0 Å². The van der Waals surface area contributed by atoms with Gasteiger partial charge in [0.15, 0.2) is 11.6 Å². The molecule has 5 heteroatoms. The molecule has 5 nitrogen and oxygen atoms in total. The molecule has 0 radical (unpaired) electrons. The largest absolute Gasteiger partial charge is 0.507 e. The molecule has 104 valence electrons. The summed E-state index contributed by atoms with van der Waals surface area (Å²) in [5, 5.41) is 38.0. The van der Waals surface area contributed by atoms with Crippen LogP contribution in [0.3, 0.4) is 0 Å². The smallest absolute Gasteiger partial charge is 0.193 e. The quantitative estimate of drug-likeness (QED) is 0.373. The van der Waals surface area contributed by atoms with Crippen LogP contribution >= 0.6 is 0 Å². The monoisotopic (exact) mass is 274 g/mol. The molecule has 0 unspecified atom stereocenters. The Morgan fingerprint density at radius 3 is 2.45 bits per heavy atom. The fourth-order valence-corrected chi connectivity index (χ4v) is 1.87. The summed E-state index contributed by atoms with van der Waals surface area (Å²) >= 11 is 0. The molecule has 1 aliphatic carbocycles. The van der Waals surface area contributed by atoms with E-state index >= 15 is 0 Å². The third kappa shape index (κ3) is 3.14. The lowest BCUT2D eigenvalue weighted by Crippen LogP contribution is -2.34. The van der Waals surface area contributed by atoms with E-state index in [-0.39, 0.29) is 11.3 Å². The van der Waals surface area contributed by atoms with E-state index in [4.69, 9.17) is 0 Å². The van der Waals surface area contributed by atoms with Gasteiger partial charge in [0.05, 0.1) is 12.0 Å². The molecule has 1 aromatic carbocycles. The maximum absolute atomic E-state index is 11.7. The highest BCUT2D eigenvalue weighted by molar-refractivity contribution is 6.01. The van der Waals surface area contributed by atoms with Gasteiger partial charge in [0.2, 0.25) is 0 Å². The Balaban J connectivity index is 2.30. The molecule has 0 fully saturated rings. The van der Waals surface area contributed by atoms with E-state index < -0.39 is 23.8 Å². The summed E-state index contributed by atoms with van der Waals surface area (Å²) in [5.41, 5.74) is 0.487. The van der Waals surface area contributed by atoms with E-state index in [9.17, 15) is 25.2 Å². The Bertz CT molecular complexity index is 608. The van der Waals surface area contributed by atoms with Crippen LogP contribution in [0.15, 0.2) is 59.9 Å². The summed E-state index contributed by atoms with van der Waals surface area (Å²) in [6, 6.07) is 8.68. The molecular weight excluding hydrogens is 260 g/mol. The van der Waals surface area contributed by atoms with Crippen molar-refractivity contribution in [1.82, 2.24) is 0 Å². The van der Waals surface area contributed by atoms with Gasteiger partial charge in [0.1, 0.15) is 11.5 Å². The summed E-state index contributed by atoms with van der Waals surface area (Å²) in [4.78, 5) is 11.7. The molecule has 0 spiro atoms. The number of hydrogen-bond acceptors (Lipinski definition) is 5. The summed E-state index contributed by atoms with van der Waals surface area (Å²) in [6.45, 7) is 0. The molecular formula is C15H14O5.